The number of aromatic nitrogens is 3. The third-order valence-electron chi connectivity index (χ3n) is 4.29. The second-order valence-corrected chi connectivity index (χ2v) is 9.47. The van der Waals surface area contributed by atoms with Crippen LogP contribution >= 0.6 is 11.8 Å². The van der Waals surface area contributed by atoms with Crippen LogP contribution in [0.1, 0.15) is 5.69 Å². The molecule has 0 fully saturated rings. The highest BCUT2D eigenvalue weighted by Gasteiger charge is 2.14. The van der Waals surface area contributed by atoms with Gasteiger partial charge in [0.15, 0.2) is 0 Å². The normalized spacial score (nSPS) is 11.7. The second-order valence-electron chi connectivity index (χ2n) is 6.60. The van der Waals surface area contributed by atoms with Crippen molar-refractivity contribution in [1.82, 2.24) is 15.2 Å². The lowest BCUT2D eigenvalue weighted by Gasteiger charge is -2.10. The molecule has 0 bridgehead atoms. The van der Waals surface area contributed by atoms with Crippen LogP contribution in [0.15, 0.2) is 69.2 Å². The summed E-state index contributed by atoms with van der Waals surface area (Å²) in [4.78, 5) is 18.8. The molecule has 0 unspecified atom stereocenters. The van der Waals surface area contributed by atoms with E-state index in [0.717, 1.165) is 32.6 Å². The maximum Gasteiger partial charge on any atom is 0.273 e. The molecule has 2 aromatic carbocycles. The molecular weight excluding hydrogens is 408 g/mol. The number of aromatic amines is 2. The van der Waals surface area contributed by atoms with E-state index in [1.54, 1.807) is 12.1 Å². The van der Waals surface area contributed by atoms with Crippen molar-refractivity contribution in [2.24, 2.45) is 0 Å². The summed E-state index contributed by atoms with van der Waals surface area (Å²) in [5.74, 6) is 0. The monoisotopic (exact) mass is 426 g/mol. The summed E-state index contributed by atoms with van der Waals surface area (Å²) in [6, 6.07) is 16.8. The zero-order valence-corrected chi connectivity index (χ0v) is 17.3. The molecular formula is C20H18N4O3S2. The zero-order chi connectivity index (χ0) is 20.6. The van der Waals surface area contributed by atoms with Crippen LogP contribution < -0.4 is 10.3 Å². The Morgan fingerprint density at radius 3 is 2.41 bits per heavy atom. The Kier molecular flexibility index (Phi) is 4.93. The van der Waals surface area contributed by atoms with Crippen LogP contribution in [-0.4, -0.2) is 29.9 Å². The lowest BCUT2D eigenvalue weighted by Crippen LogP contribution is -2.09. The van der Waals surface area contributed by atoms with Gasteiger partial charge in [-0.25, -0.2) is 13.4 Å². The zero-order valence-electron chi connectivity index (χ0n) is 15.7. The Morgan fingerprint density at radius 2 is 1.76 bits per heavy atom. The Labute approximate surface area is 171 Å². The van der Waals surface area contributed by atoms with Crippen LogP contribution in [0.3, 0.4) is 0 Å². The fraction of sp³-hybridized carbons (Fsp3) is 0.100. The number of hydrogen-bond donors (Lipinski definition) is 3. The van der Waals surface area contributed by atoms with Gasteiger partial charge >= 0.3 is 0 Å². The molecule has 7 nitrogen and oxygen atoms in total. The van der Waals surface area contributed by atoms with E-state index in [0.29, 0.717) is 16.9 Å². The Bertz CT molecular complexity index is 1360. The standard InChI is InChI=1S/C20H18N4O3S2/c1-12-19(20(25)23-22-12)17-11-18(15-5-3-4-6-16(15)21-17)28-14-9-7-13(8-10-14)24-29(2,26)27/h3-11,24H,1-2H3,(H2,22,23,25). The molecule has 0 amide bonds. The third kappa shape index (κ3) is 4.20. The second kappa shape index (κ2) is 7.41. The van der Waals surface area contributed by atoms with Crippen molar-refractivity contribution in [3.63, 3.8) is 0 Å². The number of benzene rings is 2. The molecule has 2 heterocycles. The first-order chi connectivity index (χ1) is 13.8. The number of aryl methyl sites for hydroxylation is 1. The van der Waals surface area contributed by atoms with Gasteiger partial charge in [-0.05, 0) is 43.3 Å². The topological polar surface area (TPSA) is 108 Å². The SMILES string of the molecule is Cc1[nH][nH]c(=O)c1-c1cc(Sc2ccc(NS(C)(=O)=O)cc2)c2ccccc2n1. The number of H-pyrrole nitrogens is 2. The molecule has 0 saturated carbocycles. The van der Waals surface area contributed by atoms with E-state index in [4.69, 9.17) is 0 Å². The van der Waals surface area contributed by atoms with Crippen LogP contribution in [0.4, 0.5) is 5.69 Å². The molecule has 0 saturated heterocycles. The average molecular weight is 427 g/mol. The number of nitrogens with zero attached hydrogens (tertiary/aromatic N) is 1. The van der Waals surface area contributed by atoms with Crippen LogP contribution in [-0.2, 0) is 10.0 Å². The quantitative estimate of drug-likeness (QED) is 0.450. The lowest BCUT2D eigenvalue weighted by molar-refractivity contribution is 0.607. The highest BCUT2D eigenvalue weighted by atomic mass is 32.2. The number of pyridine rings is 1. The van der Waals surface area contributed by atoms with E-state index in [9.17, 15) is 13.2 Å². The van der Waals surface area contributed by atoms with Crippen molar-refractivity contribution < 1.29 is 8.42 Å². The van der Waals surface area contributed by atoms with E-state index in [1.165, 1.54) is 11.8 Å². The first kappa shape index (κ1) is 19.3. The summed E-state index contributed by atoms with van der Waals surface area (Å²) in [7, 11) is -3.32. The number of sulfonamides is 1. The summed E-state index contributed by atoms with van der Waals surface area (Å²) >= 11 is 1.53. The predicted molar refractivity (Wildman–Crippen MR) is 116 cm³/mol. The highest BCUT2D eigenvalue weighted by Crippen LogP contribution is 2.36. The molecule has 3 N–H and O–H groups in total. The van der Waals surface area contributed by atoms with Gasteiger partial charge in [0.05, 0.1) is 23.0 Å². The smallest absolute Gasteiger partial charge is 0.273 e. The average Bonchev–Trinajstić information content (AvgIpc) is 3.00. The fourth-order valence-corrected chi connectivity index (χ4v) is 4.59. The fourth-order valence-electron chi connectivity index (χ4n) is 3.04. The minimum Gasteiger partial charge on any atom is -0.302 e. The molecule has 0 spiro atoms. The van der Waals surface area contributed by atoms with E-state index in [-0.39, 0.29) is 5.56 Å². The van der Waals surface area contributed by atoms with Crippen LogP contribution in [0, 0.1) is 6.92 Å². The van der Waals surface area contributed by atoms with Gasteiger partial charge in [0.1, 0.15) is 0 Å². The van der Waals surface area contributed by atoms with Gasteiger partial charge < -0.3 is 5.10 Å². The minimum absolute atomic E-state index is 0.211. The summed E-state index contributed by atoms with van der Waals surface area (Å²) < 4.78 is 25.2. The van der Waals surface area contributed by atoms with Gasteiger partial charge in [0.2, 0.25) is 10.0 Å². The Morgan fingerprint density at radius 1 is 1.03 bits per heavy atom. The molecule has 0 aliphatic heterocycles. The van der Waals surface area contributed by atoms with Crippen molar-refractivity contribution in [3.8, 4) is 11.3 Å². The summed E-state index contributed by atoms with van der Waals surface area (Å²) in [6.45, 7) is 1.82. The Hall–Kier alpha value is -3.04. The largest absolute Gasteiger partial charge is 0.302 e. The van der Waals surface area contributed by atoms with Crippen molar-refractivity contribution in [2.75, 3.05) is 11.0 Å². The number of rotatable bonds is 5. The van der Waals surface area contributed by atoms with E-state index in [2.05, 4.69) is 19.9 Å². The van der Waals surface area contributed by atoms with Gasteiger partial charge in [-0.2, -0.15) is 0 Å². The van der Waals surface area contributed by atoms with Gasteiger partial charge in [0.25, 0.3) is 5.56 Å². The summed E-state index contributed by atoms with van der Waals surface area (Å²) in [5, 5.41) is 6.41. The third-order valence-corrected chi connectivity index (χ3v) is 5.96. The van der Waals surface area contributed by atoms with E-state index in [1.807, 2.05) is 49.4 Å². The van der Waals surface area contributed by atoms with Crippen LogP contribution in [0.5, 0.6) is 0 Å². The van der Waals surface area contributed by atoms with Crippen molar-refractivity contribution in [3.05, 3.63) is 70.6 Å². The first-order valence-corrected chi connectivity index (χ1v) is 11.4. The van der Waals surface area contributed by atoms with Crippen molar-refractivity contribution >= 4 is 38.4 Å². The number of hydrogen-bond acceptors (Lipinski definition) is 5. The number of para-hydroxylation sites is 1. The molecule has 9 heteroatoms. The summed E-state index contributed by atoms with van der Waals surface area (Å²) in [5.41, 5.74) is 2.93. The van der Waals surface area contributed by atoms with E-state index >= 15 is 0 Å². The number of nitrogens with one attached hydrogen (secondary N) is 3. The van der Waals surface area contributed by atoms with Gasteiger partial charge in [-0.15, -0.1) is 0 Å². The van der Waals surface area contributed by atoms with Crippen molar-refractivity contribution in [2.45, 2.75) is 16.7 Å². The van der Waals surface area contributed by atoms with Gasteiger partial charge in [0, 0.05) is 26.6 Å². The molecule has 4 aromatic rings. The maximum atomic E-state index is 12.2. The van der Waals surface area contributed by atoms with E-state index < -0.39 is 10.0 Å². The van der Waals surface area contributed by atoms with Crippen LogP contribution in [0.25, 0.3) is 22.2 Å². The molecule has 148 valence electrons. The van der Waals surface area contributed by atoms with Crippen LogP contribution in [0.2, 0.25) is 0 Å². The van der Waals surface area contributed by atoms with Crippen molar-refractivity contribution in [1.29, 1.82) is 0 Å². The molecule has 0 aliphatic carbocycles. The first-order valence-electron chi connectivity index (χ1n) is 8.73. The number of fused-ring (bicyclic) bond motifs is 1. The predicted octanol–water partition coefficient (Wildman–Crippen LogP) is 3.75. The molecule has 2 aromatic heterocycles. The van der Waals surface area contributed by atoms with Gasteiger partial charge in [-0.1, -0.05) is 30.0 Å². The van der Waals surface area contributed by atoms with Gasteiger partial charge in [-0.3, -0.25) is 14.6 Å². The Balaban J connectivity index is 1.76. The molecule has 0 atom stereocenters. The molecule has 4 rings (SSSR count). The molecule has 0 aliphatic rings. The maximum absolute atomic E-state index is 12.2. The summed E-state index contributed by atoms with van der Waals surface area (Å²) in [6.07, 6.45) is 1.12. The lowest BCUT2D eigenvalue weighted by atomic mass is 10.1. The minimum atomic E-state index is -3.32. The number of anilines is 1. The molecule has 0 radical (unpaired) electrons. The highest BCUT2D eigenvalue weighted by molar-refractivity contribution is 7.99. The molecule has 29 heavy (non-hydrogen) atoms.